The predicted molar refractivity (Wildman–Crippen MR) is 136 cm³/mol. The van der Waals surface area contributed by atoms with Crippen LogP contribution in [0.1, 0.15) is 44.0 Å². The Labute approximate surface area is 211 Å². The second-order valence-corrected chi connectivity index (χ2v) is 10.8. The summed E-state index contributed by atoms with van der Waals surface area (Å²) in [6, 6.07) is 14.2. The molecule has 3 aliphatic heterocycles. The Kier molecular flexibility index (Phi) is 6.88. The van der Waals surface area contributed by atoms with E-state index in [0.717, 1.165) is 19.3 Å². The number of nitrogens with zero attached hydrogens (tertiary/aromatic N) is 3. The Morgan fingerprint density at radius 1 is 1.06 bits per heavy atom. The molecule has 1 aromatic heterocycles. The second-order valence-electron chi connectivity index (χ2n) is 10.8. The molecule has 5 rings (SSSR count). The fourth-order valence-corrected chi connectivity index (χ4v) is 6.45. The molecule has 0 aliphatic carbocycles. The van der Waals surface area contributed by atoms with E-state index < -0.39 is 23.9 Å². The van der Waals surface area contributed by atoms with Gasteiger partial charge in [0.15, 0.2) is 0 Å². The van der Waals surface area contributed by atoms with Gasteiger partial charge in [-0.3, -0.25) is 9.59 Å². The third kappa shape index (κ3) is 4.43. The number of fused-ring (bicyclic) bond motifs is 4. The molecule has 2 aromatic rings. The van der Waals surface area contributed by atoms with E-state index >= 15 is 0 Å². The normalized spacial score (nSPS) is 25.7. The van der Waals surface area contributed by atoms with Gasteiger partial charge in [-0.15, -0.1) is 0 Å². The Morgan fingerprint density at radius 3 is 2.44 bits per heavy atom. The van der Waals surface area contributed by atoms with Gasteiger partial charge in [0.2, 0.25) is 5.91 Å². The number of rotatable bonds is 5. The number of pyridine rings is 1. The third-order valence-electron chi connectivity index (χ3n) is 8.14. The zero-order chi connectivity index (χ0) is 25.4. The number of aliphatic hydroxyl groups excluding tert-OH is 1. The summed E-state index contributed by atoms with van der Waals surface area (Å²) in [5.74, 6) is -0.506. The summed E-state index contributed by atoms with van der Waals surface area (Å²) >= 11 is 0. The fraction of sp³-hybridized carbons (Fsp3) is 0.536. The Morgan fingerprint density at radius 2 is 1.78 bits per heavy atom. The van der Waals surface area contributed by atoms with Crippen LogP contribution in [0.5, 0.6) is 0 Å². The molecule has 36 heavy (non-hydrogen) atoms. The average Bonchev–Trinajstić information content (AvgIpc) is 3.11. The van der Waals surface area contributed by atoms with Gasteiger partial charge in [0.1, 0.15) is 0 Å². The maximum absolute atomic E-state index is 14.0. The van der Waals surface area contributed by atoms with E-state index in [-0.39, 0.29) is 36.7 Å². The fourth-order valence-electron chi connectivity index (χ4n) is 6.45. The molecule has 1 aromatic carbocycles. The molecule has 0 unspecified atom stereocenters. The van der Waals surface area contributed by atoms with Crippen LogP contribution in [0.15, 0.2) is 53.3 Å². The first kappa shape index (κ1) is 24.6. The van der Waals surface area contributed by atoms with Crippen molar-refractivity contribution >= 4 is 11.9 Å². The van der Waals surface area contributed by atoms with Crippen molar-refractivity contribution in [1.82, 2.24) is 19.7 Å². The van der Waals surface area contributed by atoms with Crippen LogP contribution in [0.2, 0.25) is 0 Å². The number of nitrogens with one attached hydrogen (secondary N) is 1. The summed E-state index contributed by atoms with van der Waals surface area (Å²) in [6.45, 7) is 5.20. The lowest BCUT2D eigenvalue weighted by atomic mass is 9.84. The summed E-state index contributed by atoms with van der Waals surface area (Å²) < 4.78 is 1.68. The summed E-state index contributed by atoms with van der Waals surface area (Å²) in [7, 11) is 0. The monoisotopic (exact) mass is 492 g/mol. The quantitative estimate of drug-likeness (QED) is 0.670. The summed E-state index contributed by atoms with van der Waals surface area (Å²) in [5, 5.41) is 13.4. The van der Waals surface area contributed by atoms with Crippen molar-refractivity contribution in [2.45, 2.75) is 57.8 Å². The van der Waals surface area contributed by atoms with Gasteiger partial charge >= 0.3 is 6.03 Å². The number of aliphatic hydroxyl groups is 1. The molecule has 2 saturated heterocycles. The van der Waals surface area contributed by atoms with E-state index in [1.165, 1.54) is 11.6 Å². The van der Waals surface area contributed by atoms with Crippen molar-refractivity contribution in [2.24, 2.45) is 17.8 Å². The average molecular weight is 493 g/mol. The molecule has 0 spiro atoms. The number of hydrogen-bond acceptors (Lipinski definition) is 4. The predicted octanol–water partition coefficient (Wildman–Crippen LogP) is 2.41. The highest BCUT2D eigenvalue weighted by Crippen LogP contribution is 2.49. The van der Waals surface area contributed by atoms with Crippen molar-refractivity contribution in [3.63, 3.8) is 0 Å². The number of carbonyl (C=O) groups excluding carboxylic acids is 2. The van der Waals surface area contributed by atoms with Gasteiger partial charge in [-0.1, -0.05) is 36.4 Å². The minimum absolute atomic E-state index is 0.0215. The number of aromatic nitrogens is 1. The molecule has 8 nitrogen and oxygen atoms in total. The Balaban J connectivity index is 1.40. The van der Waals surface area contributed by atoms with Crippen LogP contribution >= 0.6 is 0 Å². The van der Waals surface area contributed by atoms with E-state index in [0.29, 0.717) is 24.7 Å². The first-order valence-electron chi connectivity index (χ1n) is 13.1. The lowest BCUT2D eigenvalue weighted by molar-refractivity contribution is -0.139. The van der Waals surface area contributed by atoms with Gasteiger partial charge < -0.3 is 24.8 Å². The zero-order valence-corrected chi connectivity index (χ0v) is 21.0. The van der Waals surface area contributed by atoms with Gasteiger partial charge in [-0.05, 0) is 50.7 Å². The Hall–Kier alpha value is -3.13. The van der Waals surface area contributed by atoms with Crippen LogP contribution in [0.25, 0.3) is 0 Å². The number of amides is 3. The molecule has 0 saturated carbocycles. The van der Waals surface area contributed by atoms with Crippen molar-refractivity contribution in [2.75, 3.05) is 19.7 Å². The lowest BCUT2D eigenvalue weighted by Gasteiger charge is -2.39. The molecule has 3 amide bonds. The van der Waals surface area contributed by atoms with Gasteiger partial charge in [-0.2, -0.15) is 0 Å². The summed E-state index contributed by atoms with van der Waals surface area (Å²) in [5.41, 5.74) is 1.85. The molecule has 2 fully saturated rings. The molecule has 2 N–H and O–H groups in total. The SMILES string of the molecule is CC(C)NC(=O)N1[C@@H]2c3cccc(=O)n3C[C@H]1[C@H](CO)[C@H]2C(=O)N1CCC(Cc2ccccc2)CC1. The number of piperidine rings is 1. The van der Waals surface area contributed by atoms with Crippen LogP contribution in [0, 0.1) is 17.8 Å². The van der Waals surface area contributed by atoms with Crippen LogP contribution in [-0.4, -0.2) is 63.2 Å². The summed E-state index contributed by atoms with van der Waals surface area (Å²) in [4.78, 5) is 43.7. The van der Waals surface area contributed by atoms with Crippen LogP contribution < -0.4 is 10.9 Å². The first-order chi connectivity index (χ1) is 17.4. The van der Waals surface area contributed by atoms with Crippen molar-refractivity contribution in [3.05, 3.63) is 70.1 Å². The molecule has 192 valence electrons. The standard InChI is InChI=1S/C28H36N4O4/c1-18(2)29-28(36)32-23-16-31-22(9-6-10-24(31)34)26(32)25(21(23)17-33)27(35)30-13-11-20(12-14-30)15-19-7-4-3-5-8-19/h3-10,18,20-21,23,25-26,33H,11-17H2,1-2H3,(H,29,36)/t21-,23-,25+,26+/m0/s1. The molecule has 0 radical (unpaired) electrons. The molecule has 4 heterocycles. The maximum atomic E-state index is 14.0. The molecular weight excluding hydrogens is 456 g/mol. The maximum Gasteiger partial charge on any atom is 0.318 e. The number of likely N-dealkylation sites (tertiary alicyclic amines) is 1. The van der Waals surface area contributed by atoms with E-state index in [1.54, 1.807) is 15.5 Å². The van der Waals surface area contributed by atoms with E-state index in [2.05, 4.69) is 29.6 Å². The van der Waals surface area contributed by atoms with Crippen molar-refractivity contribution < 1.29 is 14.7 Å². The highest BCUT2D eigenvalue weighted by molar-refractivity contribution is 5.84. The van der Waals surface area contributed by atoms with Gasteiger partial charge in [0, 0.05) is 50.0 Å². The van der Waals surface area contributed by atoms with E-state index in [1.807, 2.05) is 30.9 Å². The first-order valence-corrected chi connectivity index (χ1v) is 13.1. The van der Waals surface area contributed by atoms with Crippen LogP contribution in [-0.2, 0) is 17.8 Å². The van der Waals surface area contributed by atoms with Gasteiger partial charge in [0.25, 0.3) is 5.56 Å². The van der Waals surface area contributed by atoms with Gasteiger partial charge in [-0.25, -0.2) is 4.79 Å². The number of urea groups is 1. The number of hydrogen-bond donors (Lipinski definition) is 2. The third-order valence-corrected chi connectivity index (χ3v) is 8.14. The molecule has 2 bridgehead atoms. The minimum atomic E-state index is -0.584. The highest BCUT2D eigenvalue weighted by atomic mass is 16.3. The smallest absolute Gasteiger partial charge is 0.318 e. The molecule has 8 heteroatoms. The highest BCUT2D eigenvalue weighted by Gasteiger charge is 2.58. The van der Waals surface area contributed by atoms with Crippen molar-refractivity contribution in [1.29, 1.82) is 0 Å². The van der Waals surface area contributed by atoms with Gasteiger partial charge in [0.05, 0.1) is 18.0 Å². The van der Waals surface area contributed by atoms with Crippen LogP contribution in [0.4, 0.5) is 4.79 Å². The van der Waals surface area contributed by atoms with Crippen molar-refractivity contribution in [3.8, 4) is 0 Å². The summed E-state index contributed by atoms with van der Waals surface area (Å²) in [6.07, 6.45) is 2.87. The van der Waals surface area contributed by atoms with E-state index in [9.17, 15) is 19.5 Å². The number of carbonyl (C=O) groups is 2. The zero-order valence-electron chi connectivity index (χ0n) is 21.0. The number of benzene rings is 1. The second kappa shape index (κ2) is 10.1. The Bertz CT molecular complexity index is 1160. The molecular formula is C28H36N4O4. The van der Waals surface area contributed by atoms with E-state index in [4.69, 9.17) is 0 Å². The minimum Gasteiger partial charge on any atom is -0.396 e. The molecule has 3 aliphatic rings. The lowest BCUT2D eigenvalue weighted by Crippen LogP contribution is -2.53. The molecule has 4 atom stereocenters. The van der Waals surface area contributed by atoms with Crippen LogP contribution in [0.3, 0.4) is 0 Å². The topological polar surface area (TPSA) is 94.9 Å². The largest absolute Gasteiger partial charge is 0.396 e.